The summed E-state index contributed by atoms with van der Waals surface area (Å²) in [7, 11) is 2.00. The van der Waals surface area contributed by atoms with E-state index in [1.54, 1.807) is 0 Å². The number of hydrogen-bond donors (Lipinski definition) is 1. The van der Waals surface area contributed by atoms with Crippen molar-refractivity contribution in [1.29, 1.82) is 0 Å². The molecule has 1 atom stereocenters. The van der Waals surface area contributed by atoms with Gasteiger partial charge < -0.3 is 15.0 Å². The van der Waals surface area contributed by atoms with Crippen LogP contribution in [0.1, 0.15) is 29.4 Å². The lowest BCUT2D eigenvalue weighted by Crippen LogP contribution is -2.07. The fraction of sp³-hybridized carbons (Fsp3) is 0.400. The zero-order chi connectivity index (χ0) is 13.2. The maximum absolute atomic E-state index is 6.03. The summed E-state index contributed by atoms with van der Waals surface area (Å²) in [6.45, 7) is 0.649. The van der Waals surface area contributed by atoms with E-state index in [9.17, 15) is 0 Å². The Morgan fingerprint density at radius 3 is 3.16 bits per heavy atom. The van der Waals surface area contributed by atoms with Crippen molar-refractivity contribution in [2.75, 3.05) is 6.61 Å². The van der Waals surface area contributed by atoms with E-state index in [1.807, 2.05) is 30.1 Å². The van der Waals surface area contributed by atoms with Gasteiger partial charge in [0.25, 0.3) is 0 Å². The summed E-state index contributed by atoms with van der Waals surface area (Å²) >= 11 is 0. The number of rotatable bonds is 4. The number of aryl methyl sites for hydroxylation is 2. The molecule has 0 spiro atoms. The number of hydrogen-bond acceptors (Lipinski definition) is 3. The molecule has 1 aromatic carbocycles. The molecular weight excluding hydrogens is 238 g/mol. The third-order valence-corrected chi connectivity index (χ3v) is 3.75. The van der Waals surface area contributed by atoms with E-state index in [1.165, 1.54) is 11.1 Å². The molecule has 0 aliphatic heterocycles. The Balaban J connectivity index is 1.60. The van der Waals surface area contributed by atoms with Gasteiger partial charge in [0, 0.05) is 31.9 Å². The average molecular weight is 257 g/mol. The van der Waals surface area contributed by atoms with Gasteiger partial charge in [0.2, 0.25) is 0 Å². The monoisotopic (exact) mass is 257 g/mol. The van der Waals surface area contributed by atoms with Gasteiger partial charge in [0.1, 0.15) is 11.6 Å². The molecule has 0 fully saturated rings. The predicted molar refractivity (Wildman–Crippen MR) is 74.1 cm³/mol. The van der Waals surface area contributed by atoms with Gasteiger partial charge in [-0.3, -0.25) is 0 Å². The van der Waals surface area contributed by atoms with E-state index in [2.05, 4.69) is 17.1 Å². The lowest BCUT2D eigenvalue weighted by atomic mass is 10.1. The van der Waals surface area contributed by atoms with Crippen molar-refractivity contribution in [2.45, 2.75) is 25.3 Å². The molecule has 1 heterocycles. The van der Waals surface area contributed by atoms with Crippen LogP contribution < -0.4 is 10.5 Å². The Labute approximate surface area is 113 Å². The van der Waals surface area contributed by atoms with Gasteiger partial charge in [-0.1, -0.05) is 6.07 Å². The van der Waals surface area contributed by atoms with Crippen LogP contribution in [0.5, 0.6) is 5.75 Å². The van der Waals surface area contributed by atoms with Crippen LogP contribution in [0.3, 0.4) is 0 Å². The number of imidazole rings is 1. The maximum Gasteiger partial charge on any atom is 0.119 e. The number of benzene rings is 1. The van der Waals surface area contributed by atoms with Crippen molar-refractivity contribution in [3.05, 3.63) is 47.5 Å². The van der Waals surface area contributed by atoms with E-state index in [0.29, 0.717) is 6.61 Å². The van der Waals surface area contributed by atoms with Gasteiger partial charge in [0.05, 0.1) is 6.61 Å². The highest BCUT2D eigenvalue weighted by atomic mass is 16.5. The van der Waals surface area contributed by atoms with Crippen LogP contribution in [0.4, 0.5) is 0 Å². The first-order chi connectivity index (χ1) is 9.24. The van der Waals surface area contributed by atoms with Crippen molar-refractivity contribution >= 4 is 0 Å². The summed E-state index contributed by atoms with van der Waals surface area (Å²) in [5.74, 6) is 1.98. The first-order valence-electron chi connectivity index (χ1n) is 6.71. The molecule has 4 heteroatoms. The van der Waals surface area contributed by atoms with Crippen molar-refractivity contribution in [3.8, 4) is 5.75 Å². The number of aromatic nitrogens is 2. The second-order valence-electron chi connectivity index (χ2n) is 5.06. The Morgan fingerprint density at radius 1 is 1.47 bits per heavy atom. The molecule has 0 bridgehead atoms. The normalized spacial score (nSPS) is 17.5. The lowest BCUT2D eigenvalue weighted by Gasteiger charge is -2.09. The van der Waals surface area contributed by atoms with Crippen LogP contribution in [0, 0.1) is 0 Å². The summed E-state index contributed by atoms with van der Waals surface area (Å²) in [5, 5.41) is 0. The Hall–Kier alpha value is -1.81. The Kier molecular flexibility index (Phi) is 3.25. The van der Waals surface area contributed by atoms with Gasteiger partial charge in [0.15, 0.2) is 0 Å². The van der Waals surface area contributed by atoms with Gasteiger partial charge in [-0.2, -0.15) is 0 Å². The molecule has 0 saturated carbocycles. The fourth-order valence-corrected chi connectivity index (χ4v) is 2.61. The molecule has 1 aliphatic carbocycles. The Bertz CT molecular complexity index is 577. The molecule has 100 valence electrons. The maximum atomic E-state index is 6.03. The summed E-state index contributed by atoms with van der Waals surface area (Å²) < 4.78 is 7.82. The van der Waals surface area contributed by atoms with Crippen LogP contribution in [0.25, 0.3) is 0 Å². The molecule has 2 N–H and O–H groups in total. The highest BCUT2D eigenvalue weighted by Gasteiger charge is 2.18. The minimum Gasteiger partial charge on any atom is -0.493 e. The van der Waals surface area contributed by atoms with Crippen LogP contribution in [0.2, 0.25) is 0 Å². The quantitative estimate of drug-likeness (QED) is 0.911. The van der Waals surface area contributed by atoms with Crippen molar-refractivity contribution in [3.63, 3.8) is 0 Å². The Morgan fingerprint density at radius 2 is 2.37 bits per heavy atom. The topological polar surface area (TPSA) is 53.1 Å². The molecule has 3 rings (SSSR count). The van der Waals surface area contributed by atoms with Crippen LogP contribution >= 0.6 is 0 Å². The van der Waals surface area contributed by atoms with Crippen molar-refractivity contribution in [1.82, 2.24) is 9.55 Å². The SMILES string of the molecule is Cn1ccnc1CCOc1ccc2c(c1)CC[C@@H]2N. The summed E-state index contributed by atoms with van der Waals surface area (Å²) in [6.07, 6.45) is 6.69. The van der Waals surface area contributed by atoms with E-state index in [0.717, 1.165) is 30.8 Å². The third kappa shape index (κ3) is 2.49. The van der Waals surface area contributed by atoms with Gasteiger partial charge in [-0.25, -0.2) is 4.98 Å². The summed E-state index contributed by atoms with van der Waals surface area (Å²) in [4.78, 5) is 4.28. The minimum atomic E-state index is 0.205. The number of nitrogens with zero attached hydrogens (tertiary/aromatic N) is 2. The van der Waals surface area contributed by atoms with E-state index in [-0.39, 0.29) is 6.04 Å². The van der Waals surface area contributed by atoms with Crippen molar-refractivity contribution in [2.24, 2.45) is 12.8 Å². The van der Waals surface area contributed by atoms with E-state index < -0.39 is 0 Å². The molecule has 2 aromatic rings. The second-order valence-corrected chi connectivity index (χ2v) is 5.06. The number of ether oxygens (including phenoxy) is 1. The molecule has 0 radical (unpaired) electrons. The van der Waals surface area contributed by atoms with Crippen molar-refractivity contribution < 1.29 is 4.74 Å². The number of fused-ring (bicyclic) bond motifs is 1. The molecule has 0 saturated heterocycles. The summed E-state index contributed by atoms with van der Waals surface area (Å²) in [6, 6.07) is 6.45. The molecular formula is C15H19N3O. The smallest absolute Gasteiger partial charge is 0.119 e. The minimum absolute atomic E-state index is 0.205. The first kappa shape index (κ1) is 12.2. The van der Waals surface area contributed by atoms with Gasteiger partial charge in [-0.15, -0.1) is 0 Å². The molecule has 19 heavy (non-hydrogen) atoms. The standard InChI is InChI=1S/C15H19N3O/c1-18-8-7-17-15(18)6-9-19-12-3-4-13-11(10-12)2-5-14(13)16/h3-4,7-8,10,14H,2,5-6,9,16H2,1H3/t14-/m0/s1. The number of nitrogens with two attached hydrogens (primary N) is 1. The zero-order valence-corrected chi connectivity index (χ0v) is 11.2. The molecule has 1 aliphatic rings. The lowest BCUT2D eigenvalue weighted by molar-refractivity contribution is 0.317. The first-order valence-corrected chi connectivity index (χ1v) is 6.71. The second kappa shape index (κ2) is 5.05. The van der Waals surface area contributed by atoms with E-state index in [4.69, 9.17) is 10.5 Å². The van der Waals surface area contributed by atoms with Gasteiger partial charge in [-0.05, 0) is 36.1 Å². The molecule has 0 amide bonds. The molecule has 1 aromatic heterocycles. The predicted octanol–water partition coefficient (Wildman–Crippen LogP) is 1.99. The van der Waals surface area contributed by atoms with E-state index >= 15 is 0 Å². The van der Waals surface area contributed by atoms with Crippen LogP contribution in [0.15, 0.2) is 30.6 Å². The van der Waals surface area contributed by atoms with Gasteiger partial charge >= 0.3 is 0 Å². The average Bonchev–Trinajstić information content (AvgIpc) is 2.97. The molecule has 0 unspecified atom stereocenters. The highest BCUT2D eigenvalue weighted by Crippen LogP contribution is 2.31. The fourth-order valence-electron chi connectivity index (χ4n) is 2.61. The summed E-state index contributed by atoms with van der Waals surface area (Å²) in [5.41, 5.74) is 8.64. The largest absolute Gasteiger partial charge is 0.493 e. The molecule has 4 nitrogen and oxygen atoms in total. The van der Waals surface area contributed by atoms with Crippen LogP contribution in [-0.2, 0) is 19.9 Å². The van der Waals surface area contributed by atoms with Crippen LogP contribution in [-0.4, -0.2) is 16.2 Å². The third-order valence-electron chi connectivity index (χ3n) is 3.75. The zero-order valence-electron chi connectivity index (χ0n) is 11.2. The highest BCUT2D eigenvalue weighted by molar-refractivity contribution is 5.40.